The summed E-state index contributed by atoms with van der Waals surface area (Å²) in [6.07, 6.45) is 0.137. The Balaban J connectivity index is 1.68. The summed E-state index contributed by atoms with van der Waals surface area (Å²) >= 11 is 0. The maximum atomic E-state index is 16.2. The molecule has 6 rings (SSSR count). The van der Waals surface area contributed by atoms with Crippen LogP contribution in [0, 0.1) is 0 Å². The minimum Gasteiger partial charge on any atom is -0.313 e. The number of hydrogen-bond donors (Lipinski definition) is 0. The second-order valence-electron chi connectivity index (χ2n) is 9.57. The number of ketones is 1. The van der Waals surface area contributed by atoms with Crippen LogP contribution in [0.1, 0.15) is 28.0 Å². The summed E-state index contributed by atoms with van der Waals surface area (Å²) in [5.41, 5.74) is 1.00. The molecule has 0 N–H and O–H groups in total. The zero-order valence-electron chi connectivity index (χ0n) is 20.9. The first kappa shape index (κ1) is 24.1. The van der Waals surface area contributed by atoms with Crippen LogP contribution in [-0.2, 0) is 4.57 Å². The van der Waals surface area contributed by atoms with E-state index < -0.39 is 12.8 Å². The van der Waals surface area contributed by atoms with Crippen molar-refractivity contribution in [2.24, 2.45) is 0 Å². The first-order valence-corrected chi connectivity index (χ1v) is 14.6. The van der Waals surface area contributed by atoms with Gasteiger partial charge in [0.05, 0.1) is 5.66 Å². The molecular formula is C35H27O2P. The Kier molecular flexibility index (Phi) is 6.50. The minimum atomic E-state index is -3.44. The molecule has 6 aromatic rings. The van der Waals surface area contributed by atoms with Crippen LogP contribution in [0.2, 0.25) is 0 Å². The summed E-state index contributed by atoms with van der Waals surface area (Å²) < 4.78 is 16.2. The Morgan fingerprint density at radius 2 is 0.974 bits per heavy atom. The highest BCUT2D eigenvalue weighted by atomic mass is 31.2. The van der Waals surface area contributed by atoms with Gasteiger partial charge >= 0.3 is 0 Å². The van der Waals surface area contributed by atoms with Gasteiger partial charge in [0.15, 0.2) is 12.9 Å². The van der Waals surface area contributed by atoms with E-state index in [9.17, 15) is 4.79 Å². The van der Waals surface area contributed by atoms with Crippen molar-refractivity contribution in [3.05, 3.63) is 157 Å². The zero-order valence-corrected chi connectivity index (χ0v) is 21.8. The molecular weight excluding hydrogens is 483 g/mol. The number of carbonyl (C=O) groups is 1. The van der Waals surface area contributed by atoms with Crippen LogP contribution in [0.15, 0.2) is 146 Å². The number of benzene rings is 6. The SMILES string of the molecule is O=C(C[C@H](c1ccccc1)P(=O)(c1cccc2ccccc12)c1cccc2ccccc12)c1ccccc1. The number of rotatable bonds is 7. The van der Waals surface area contributed by atoms with Gasteiger partial charge in [-0.15, -0.1) is 0 Å². The monoisotopic (exact) mass is 510 g/mol. The third-order valence-corrected chi connectivity index (χ3v) is 10.9. The molecule has 2 nitrogen and oxygen atoms in total. The molecule has 0 unspecified atom stereocenters. The lowest BCUT2D eigenvalue weighted by atomic mass is 10.0. The van der Waals surface area contributed by atoms with Crippen molar-refractivity contribution >= 4 is 45.1 Å². The van der Waals surface area contributed by atoms with Crippen LogP contribution < -0.4 is 10.6 Å². The van der Waals surface area contributed by atoms with Gasteiger partial charge in [-0.2, -0.15) is 0 Å². The third kappa shape index (κ3) is 4.28. The van der Waals surface area contributed by atoms with Gasteiger partial charge in [0.1, 0.15) is 0 Å². The lowest BCUT2D eigenvalue weighted by molar-refractivity contribution is 0.0981. The van der Waals surface area contributed by atoms with Crippen LogP contribution in [0.5, 0.6) is 0 Å². The molecule has 0 saturated heterocycles. The molecule has 0 fully saturated rings. The van der Waals surface area contributed by atoms with Crippen LogP contribution >= 0.6 is 7.14 Å². The molecule has 38 heavy (non-hydrogen) atoms. The second kappa shape index (κ2) is 10.2. The fourth-order valence-electron chi connectivity index (χ4n) is 5.51. The average molecular weight is 511 g/mol. The van der Waals surface area contributed by atoms with Crippen molar-refractivity contribution in [2.45, 2.75) is 12.1 Å². The largest absolute Gasteiger partial charge is 0.313 e. The number of Topliss-reactive ketones (excluding diaryl/α,β-unsaturated/α-hetero) is 1. The van der Waals surface area contributed by atoms with E-state index in [1.165, 1.54) is 0 Å². The Labute approximate surface area is 223 Å². The van der Waals surface area contributed by atoms with Gasteiger partial charge < -0.3 is 4.57 Å². The van der Waals surface area contributed by atoms with Gasteiger partial charge in [0, 0.05) is 22.6 Å². The summed E-state index contributed by atoms with van der Waals surface area (Å²) in [5.74, 6) is -0.0137. The summed E-state index contributed by atoms with van der Waals surface area (Å²) in [6.45, 7) is 0. The molecule has 6 aromatic carbocycles. The molecule has 0 amide bonds. The quantitative estimate of drug-likeness (QED) is 0.160. The normalized spacial score (nSPS) is 12.4. The van der Waals surface area contributed by atoms with Gasteiger partial charge in [0.25, 0.3) is 0 Å². The molecule has 0 aliphatic rings. The van der Waals surface area contributed by atoms with E-state index >= 15 is 4.57 Å². The molecule has 0 aromatic heterocycles. The Morgan fingerprint density at radius 3 is 1.53 bits per heavy atom. The van der Waals surface area contributed by atoms with Crippen molar-refractivity contribution in [3.8, 4) is 0 Å². The van der Waals surface area contributed by atoms with Crippen molar-refractivity contribution < 1.29 is 9.36 Å². The predicted octanol–water partition coefficient (Wildman–Crippen LogP) is 8.32. The van der Waals surface area contributed by atoms with Crippen LogP contribution in [0.25, 0.3) is 21.5 Å². The number of hydrogen-bond acceptors (Lipinski definition) is 2. The fraction of sp³-hybridized carbons (Fsp3) is 0.0571. The minimum absolute atomic E-state index is 0.0137. The smallest absolute Gasteiger partial charge is 0.163 e. The van der Waals surface area contributed by atoms with E-state index in [1.807, 2.05) is 121 Å². The third-order valence-electron chi connectivity index (χ3n) is 7.35. The average Bonchev–Trinajstić information content (AvgIpc) is 2.99. The van der Waals surface area contributed by atoms with Crippen LogP contribution in [-0.4, -0.2) is 5.78 Å². The second-order valence-corrected chi connectivity index (χ2v) is 12.5. The molecule has 184 valence electrons. The van der Waals surface area contributed by atoms with Crippen molar-refractivity contribution in [2.75, 3.05) is 0 Å². The lowest BCUT2D eigenvalue weighted by Gasteiger charge is -2.31. The Bertz CT molecular complexity index is 1700. The highest BCUT2D eigenvalue weighted by molar-refractivity contribution is 7.79. The molecule has 0 heterocycles. The topological polar surface area (TPSA) is 34.1 Å². The van der Waals surface area contributed by atoms with Gasteiger partial charge in [-0.1, -0.05) is 146 Å². The van der Waals surface area contributed by atoms with Crippen molar-refractivity contribution in [3.63, 3.8) is 0 Å². The van der Waals surface area contributed by atoms with Gasteiger partial charge in [-0.3, -0.25) is 4.79 Å². The Hall–Kier alpha value is -4.26. The van der Waals surface area contributed by atoms with E-state index in [0.29, 0.717) is 5.56 Å². The predicted molar refractivity (Wildman–Crippen MR) is 159 cm³/mol. The maximum absolute atomic E-state index is 16.2. The summed E-state index contributed by atoms with van der Waals surface area (Å²) in [5, 5.41) is 5.57. The van der Waals surface area contributed by atoms with E-state index in [2.05, 4.69) is 24.3 Å². The maximum Gasteiger partial charge on any atom is 0.163 e. The van der Waals surface area contributed by atoms with Crippen molar-refractivity contribution in [1.29, 1.82) is 0 Å². The number of fused-ring (bicyclic) bond motifs is 2. The van der Waals surface area contributed by atoms with E-state index in [4.69, 9.17) is 0 Å². The number of carbonyl (C=O) groups excluding carboxylic acids is 1. The molecule has 3 heteroatoms. The molecule has 1 atom stereocenters. The lowest BCUT2D eigenvalue weighted by Crippen LogP contribution is -2.24. The van der Waals surface area contributed by atoms with Crippen LogP contribution in [0.3, 0.4) is 0 Å². The van der Waals surface area contributed by atoms with Gasteiger partial charge in [0.2, 0.25) is 0 Å². The van der Waals surface area contributed by atoms with E-state index in [-0.39, 0.29) is 12.2 Å². The molecule has 0 aliphatic heterocycles. The van der Waals surface area contributed by atoms with Crippen LogP contribution in [0.4, 0.5) is 0 Å². The van der Waals surface area contributed by atoms with E-state index in [1.54, 1.807) is 0 Å². The summed E-state index contributed by atoms with van der Waals surface area (Å²) in [6, 6.07) is 47.5. The van der Waals surface area contributed by atoms with Gasteiger partial charge in [-0.25, -0.2) is 0 Å². The zero-order chi connectivity index (χ0) is 26.0. The Morgan fingerprint density at radius 1 is 0.526 bits per heavy atom. The van der Waals surface area contributed by atoms with Gasteiger partial charge in [-0.05, 0) is 27.1 Å². The van der Waals surface area contributed by atoms with E-state index in [0.717, 1.165) is 37.7 Å². The standard InChI is InChI=1S/C35H27O2P/c36-32(28-15-3-1-4-16-28)25-35(29-17-5-2-6-18-29)38(37,33-23-11-19-26-13-7-9-21-30(26)33)34-24-12-20-27-14-8-10-22-31(27)34/h1-24,35H,25H2/t35-/m1/s1. The highest BCUT2D eigenvalue weighted by Gasteiger charge is 2.41. The molecule has 0 bridgehead atoms. The molecule has 0 saturated carbocycles. The summed E-state index contributed by atoms with van der Waals surface area (Å²) in [4.78, 5) is 13.7. The fourth-order valence-corrected chi connectivity index (χ4v) is 9.19. The molecule has 0 aliphatic carbocycles. The summed E-state index contributed by atoms with van der Waals surface area (Å²) in [7, 11) is -3.44. The van der Waals surface area contributed by atoms with Crippen molar-refractivity contribution in [1.82, 2.24) is 0 Å². The molecule has 0 radical (unpaired) electrons. The first-order chi connectivity index (χ1) is 18.7. The first-order valence-electron chi connectivity index (χ1n) is 12.9. The highest BCUT2D eigenvalue weighted by Crippen LogP contribution is 2.60. The molecule has 0 spiro atoms.